The Morgan fingerprint density at radius 2 is 1.63 bits per heavy atom. The molecule has 0 saturated carbocycles. The zero-order valence-corrected chi connectivity index (χ0v) is 34.2. The Hall–Kier alpha value is -5.62. The minimum absolute atomic E-state index is 0.132. The van der Waals surface area contributed by atoms with Crippen molar-refractivity contribution in [3.8, 4) is 23.0 Å². The number of morpholine rings is 1. The number of aromatic nitrogens is 1. The molecule has 4 aromatic carbocycles. The van der Waals surface area contributed by atoms with E-state index in [9.17, 15) is 14.2 Å². The summed E-state index contributed by atoms with van der Waals surface area (Å²) < 4.78 is 36.6. The third-order valence-corrected chi connectivity index (χ3v) is 10.9. The minimum atomic E-state index is -2.75. The van der Waals surface area contributed by atoms with Crippen LogP contribution in [0.1, 0.15) is 36.7 Å². The number of hydrogen-bond donors (Lipinski definition) is 4. The summed E-state index contributed by atoms with van der Waals surface area (Å²) in [7, 11) is -1.24. The van der Waals surface area contributed by atoms with Crippen molar-refractivity contribution in [1.29, 1.82) is 0 Å². The number of fused-ring (bicyclic) bond motifs is 1. The van der Waals surface area contributed by atoms with Crippen molar-refractivity contribution in [2.45, 2.75) is 26.2 Å². The van der Waals surface area contributed by atoms with Crippen molar-refractivity contribution in [2.24, 2.45) is 0 Å². The van der Waals surface area contributed by atoms with Crippen LogP contribution in [0.15, 0.2) is 91.1 Å². The molecule has 3 amide bonds. The fourth-order valence-corrected chi connectivity index (χ4v) is 7.51. The number of nitrogens with zero attached hydrogens (tertiary/aromatic N) is 2. The van der Waals surface area contributed by atoms with Crippen LogP contribution in [0.2, 0.25) is 0 Å². The van der Waals surface area contributed by atoms with E-state index >= 15 is 0 Å². The molecule has 0 bridgehead atoms. The predicted molar refractivity (Wildman–Crippen MR) is 227 cm³/mol. The molecule has 0 radical (unpaired) electrons. The predicted octanol–water partition coefficient (Wildman–Crippen LogP) is 7.74. The molecule has 1 aromatic heterocycles. The van der Waals surface area contributed by atoms with Gasteiger partial charge in [0.1, 0.15) is 36.8 Å². The number of carbonyl (C=O) groups is 2. The van der Waals surface area contributed by atoms with Gasteiger partial charge in [-0.2, -0.15) is 0 Å². The SMILES string of the molecule is COc1c(NC(=O)Nc2ccc(Oc3ccnc(NCNC(=O)c4cccc(OCCN5CCOCC5)c4)c3)c3ccccc23)cc(C(C)(C)C)cc1P(C)(C)=O. The third kappa shape index (κ3) is 10.8. The molecule has 0 unspecified atom stereocenters. The van der Waals surface area contributed by atoms with E-state index in [0.717, 1.165) is 49.2 Å². The number of anilines is 3. The van der Waals surface area contributed by atoms with Crippen molar-refractivity contribution in [3.05, 3.63) is 102 Å². The lowest BCUT2D eigenvalue weighted by Crippen LogP contribution is -2.38. The van der Waals surface area contributed by atoms with Crippen LogP contribution in [0.4, 0.5) is 22.0 Å². The zero-order chi connectivity index (χ0) is 40.6. The minimum Gasteiger partial charge on any atom is -0.494 e. The van der Waals surface area contributed by atoms with Crippen molar-refractivity contribution >= 4 is 52.3 Å². The molecule has 1 aliphatic rings. The molecule has 14 heteroatoms. The average Bonchev–Trinajstić information content (AvgIpc) is 3.18. The monoisotopic (exact) mass is 794 g/mol. The first-order chi connectivity index (χ1) is 27.3. The maximum atomic E-state index is 13.5. The fraction of sp³-hybridized carbons (Fsp3) is 0.326. The number of pyridine rings is 1. The van der Waals surface area contributed by atoms with Gasteiger partial charge in [-0.25, -0.2) is 9.78 Å². The molecular formula is C43H51N6O7P. The molecular weight excluding hydrogens is 743 g/mol. The van der Waals surface area contributed by atoms with Crippen molar-refractivity contribution in [1.82, 2.24) is 15.2 Å². The summed E-state index contributed by atoms with van der Waals surface area (Å²) in [4.78, 5) is 33.1. The highest BCUT2D eigenvalue weighted by Crippen LogP contribution is 2.43. The highest BCUT2D eigenvalue weighted by molar-refractivity contribution is 7.70. The van der Waals surface area contributed by atoms with Crippen LogP contribution in [-0.2, 0) is 14.7 Å². The maximum absolute atomic E-state index is 13.5. The fourth-order valence-electron chi connectivity index (χ4n) is 6.36. The number of methoxy groups -OCH3 is 1. The first kappa shape index (κ1) is 41.0. The summed E-state index contributed by atoms with van der Waals surface area (Å²) in [6, 6.07) is 25.0. The van der Waals surface area contributed by atoms with Crippen LogP contribution in [-0.4, -0.2) is 88.4 Å². The molecule has 6 rings (SSSR count). The summed E-state index contributed by atoms with van der Waals surface area (Å²) in [5.74, 6) is 2.36. The van der Waals surface area contributed by atoms with Crippen LogP contribution in [0, 0.1) is 0 Å². The Bertz CT molecular complexity index is 2270. The molecule has 1 saturated heterocycles. The van der Waals surface area contributed by atoms with Crippen LogP contribution < -0.4 is 40.8 Å². The second kappa shape index (κ2) is 18.1. The summed E-state index contributed by atoms with van der Waals surface area (Å²) in [5, 5.41) is 14.0. The van der Waals surface area contributed by atoms with Crippen molar-refractivity contribution in [2.75, 3.05) is 82.5 Å². The number of benzene rings is 4. The Morgan fingerprint density at radius 1 is 0.877 bits per heavy atom. The molecule has 0 atom stereocenters. The van der Waals surface area contributed by atoms with Crippen LogP contribution >= 0.6 is 7.14 Å². The first-order valence-corrected chi connectivity index (χ1v) is 21.5. The van der Waals surface area contributed by atoms with E-state index < -0.39 is 13.2 Å². The second-order valence-electron chi connectivity index (χ2n) is 15.1. The van der Waals surface area contributed by atoms with Gasteiger partial charge in [0.2, 0.25) is 0 Å². The van der Waals surface area contributed by atoms with Gasteiger partial charge in [0, 0.05) is 48.2 Å². The lowest BCUT2D eigenvalue weighted by molar-refractivity contribution is 0.0322. The van der Waals surface area contributed by atoms with Gasteiger partial charge >= 0.3 is 6.03 Å². The lowest BCUT2D eigenvalue weighted by atomic mass is 9.86. The quantitative estimate of drug-likeness (QED) is 0.0649. The van der Waals surface area contributed by atoms with E-state index in [2.05, 4.69) is 51.9 Å². The molecule has 4 N–H and O–H groups in total. The highest BCUT2D eigenvalue weighted by atomic mass is 31.2. The molecule has 0 spiro atoms. The number of carbonyl (C=O) groups excluding carboxylic acids is 2. The first-order valence-electron chi connectivity index (χ1n) is 18.9. The molecule has 0 aliphatic carbocycles. The molecule has 300 valence electrons. The topological polar surface area (TPSA) is 152 Å². The smallest absolute Gasteiger partial charge is 0.323 e. The largest absolute Gasteiger partial charge is 0.494 e. The number of hydrogen-bond acceptors (Lipinski definition) is 10. The Balaban J connectivity index is 1.08. The normalized spacial score (nSPS) is 13.4. The summed E-state index contributed by atoms with van der Waals surface area (Å²) in [5.41, 5.74) is 2.15. The summed E-state index contributed by atoms with van der Waals surface area (Å²) in [6.07, 6.45) is 1.62. The molecule has 2 heterocycles. The standard InChI is InChI=1S/C43H51N6O7P/c1-43(2,3)30-25-36(40(53-4)38(26-30)57(5,6)52)48-42(51)47-35-14-15-37(34-13-8-7-12-33(34)35)56-32-16-17-44-39(27-32)45-28-46-41(50)29-10-9-11-31(24-29)55-23-20-49-18-21-54-22-19-49/h7-17,24-27H,18-23,28H2,1-6H3,(H,44,45)(H,46,50)(H2,47,48,51). The van der Waals surface area contributed by atoms with E-state index in [1.807, 2.05) is 42.5 Å². The van der Waals surface area contributed by atoms with E-state index in [1.54, 1.807) is 62.0 Å². The van der Waals surface area contributed by atoms with Crippen LogP contribution in [0.25, 0.3) is 10.8 Å². The summed E-state index contributed by atoms with van der Waals surface area (Å²) in [6.45, 7) is 14.3. The number of rotatable bonds is 14. The van der Waals surface area contributed by atoms with Gasteiger partial charge in [-0.1, -0.05) is 51.1 Å². The molecule has 13 nitrogen and oxygen atoms in total. The molecule has 1 aliphatic heterocycles. The Morgan fingerprint density at radius 3 is 2.37 bits per heavy atom. The number of amides is 3. The maximum Gasteiger partial charge on any atom is 0.323 e. The zero-order valence-electron chi connectivity index (χ0n) is 33.3. The van der Waals surface area contributed by atoms with E-state index in [0.29, 0.717) is 57.7 Å². The molecule has 1 fully saturated rings. The average molecular weight is 795 g/mol. The Kier molecular flexibility index (Phi) is 13.0. The van der Waals surface area contributed by atoms with E-state index in [-0.39, 0.29) is 18.0 Å². The molecule has 5 aromatic rings. The van der Waals surface area contributed by atoms with Gasteiger partial charge in [0.25, 0.3) is 5.91 Å². The van der Waals surface area contributed by atoms with Crippen molar-refractivity contribution < 1.29 is 33.1 Å². The van der Waals surface area contributed by atoms with Crippen LogP contribution in [0.5, 0.6) is 23.0 Å². The van der Waals surface area contributed by atoms with E-state index in [4.69, 9.17) is 18.9 Å². The van der Waals surface area contributed by atoms with Gasteiger partial charge in [0.15, 0.2) is 5.75 Å². The van der Waals surface area contributed by atoms with E-state index in [1.165, 1.54) is 7.11 Å². The van der Waals surface area contributed by atoms with Crippen LogP contribution in [0.3, 0.4) is 0 Å². The van der Waals surface area contributed by atoms with Gasteiger partial charge in [-0.05, 0) is 72.8 Å². The Labute approximate surface area is 333 Å². The van der Waals surface area contributed by atoms with Crippen molar-refractivity contribution in [3.63, 3.8) is 0 Å². The lowest BCUT2D eigenvalue weighted by Gasteiger charge is -2.26. The molecule has 57 heavy (non-hydrogen) atoms. The third-order valence-electron chi connectivity index (χ3n) is 9.45. The van der Waals surface area contributed by atoms with Gasteiger partial charge < -0.3 is 44.8 Å². The number of urea groups is 1. The van der Waals surface area contributed by atoms with Gasteiger partial charge in [0.05, 0.1) is 43.7 Å². The number of ether oxygens (including phenoxy) is 4. The highest BCUT2D eigenvalue weighted by Gasteiger charge is 2.26. The summed E-state index contributed by atoms with van der Waals surface area (Å²) >= 11 is 0. The number of nitrogens with one attached hydrogen (secondary N) is 4. The van der Waals surface area contributed by atoms with Gasteiger partial charge in [-0.15, -0.1) is 0 Å². The second-order valence-corrected chi connectivity index (χ2v) is 18.3. The van der Waals surface area contributed by atoms with Gasteiger partial charge in [-0.3, -0.25) is 9.69 Å².